The second kappa shape index (κ2) is 7.27. The van der Waals surface area contributed by atoms with Crippen LogP contribution in [0.4, 0.5) is 0 Å². The van der Waals surface area contributed by atoms with Gasteiger partial charge in [-0.25, -0.2) is 0 Å². The van der Waals surface area contributed by atoms with E-state index in [9.17, 15) is 0 Å². The van der Waals surface area contributed by atoms with Crippen molar-refractivity contribution < 1.29 is 0 Å². The van der Waals surface area contributed by atoms with Crippen LogP contribution in [-0.2, 0) is 6.42 Å². The van der Waals surface area contributed by atoms with E-state index in [1.165, 1.54) is 56.5 Å². The zero-order valence-electron chi connectivity index (χ0n) is 16.1. The summed E-state index contributed by atoms with van der Waals surface area (Å²) in [5.74, 6) is 0. The number of aryl methyl sites for hydroxylation is 3. The quantitative estimate of drug-likeness (QED) is 0.475. The average Bonchev–Trinajstić information content (AvgIpc) is 2.60. The van der Waals surface area contributed by atoms with Gasteiger partial charge >= 0.3 is 0 Å². The van der Waals surface area contributed by atoms with Crippen LogP contribution in [0, 0.1) is 27.7 Å². The van der Waals surface area contributed by atoms with E-state index >= 15 is 0 Å². The molecule has 0 aliphatic heterocycles. The molecule has 0 atom stereocenters. The van der Waals surface area contributed by atoms with Gasteiger partial charge in [0.25, 0.3) is 0 Å². The molecule has 0 fully saturated rings. The van der Waals surface area contributed by atoms with Crippen molar-refractivity contribution in [1.82, 2.24) is 0 Å². The van der Waals surface area contributed by atoms with Crippen molar-refractivity contribution in [2.45, 2.75) is 47.5 Å². The molecule has 25 heavy (non-hydrogen) atoms. The topological polar surface area (TPSA) is 0 Å². The van der Waals surface area contributed by atoms with Crippen molar-refractivity contribution in [3.05, 3.63) is 82.4 Å². The molecule has 0 spiro atoms. The molecule has 0 bridgehead atoms. The van der Waals surface area contributed by atoms with E-state index in [1.54, 1.807) is 0 Å². The third-order valence-corrected chi connectivity index (χ3v) is 5.18. The predicted molar refractivity (Wildman–Crippen MR) is 110 cm³/mol. The lowest BCUT2D eigenvalue weighted by atomic mass is 9.85. The monoisotopic (exact) mass is 328 g/mol. The van der Waals surface area contributed by atoms with Crippen LogP contribution in [0.15, 0.2) is 54.6 Å². The van der Waals surface area contributed by atoms with Crippen LogP contribution in [0.1, 0.15) is 41.2 Å². The van der Waals surface area contributed by atoms with Crippen LogP contribution in [0.3, 0.4) is 0 Å². The summed E-state index contributed by atoms with van der Waals surface area (Å²) in [4.78, 5) is 0. The summed E-state index contributed by atoms with van der Waals surface area (Å²) in [5, 5.41) is 0. The Morgan fingerprint density at radius 1 is 0.640 bits per heavy atom. The van der Waals surface area contributed by atoms with Crippen LogP contribution in [0.5, 0.6) is 0 Å². The van der Waals surface area contributed by atoms with Gasteiger partial charge in [-0.05, 0) is 73.1 Å². The molecule has 0 amide bonds. The lowest BCUT2D eigenvalue weighted by Gasteiger charge is -2.19. The van der Waals surface area contributed by atoms with Crippen molar-refractivity contribution in [2.24, 2.45) is 0 Å². The van der Waals surface area contributed by atoms with E-state index in [4.69, 9.17) is 0 Å². The molecule has 0 N–H and O–H groups in total. The Morgan fingerprint density at radius 3 is 1.68 bits per heavy atom. The molecular weight excluding hydrogens is 300 g/mol. The lowest BCUT2D eigenvalue weighted by Crippen LogP contribution is -1.99. The summed E-state index contributed by atoms with van der Waals surface area (Å²) < 4.78 is 0. The van der Waals surface area contributed by atoms with E-state index in [0.717, 1.165) is 6.42 Å². The van der Waals surface area contributed by atoms with E-state index in [2.05, 4.69) is 89.2 Å². The van der Waals surface area contributed by atoms with Gasteiger partial charge in [0.15, 0.2) is 0 Å². The normalized spacial score (nSPS) is 10.9. The van der Waals surface area contributed by atoms with Gasteiger partial charge < -0.3 is 0 Å². The molecule has 0 heterocycles. The first-order chi connectivity index (χ1) is 12.0. The molecular formula is C25H28. The predicted octanol–water partition coefficient (Wildman–Crippen LogP) is 7.21. The van der Waals surface area contributed by atoms with Gasteiger partial charge in [0.05, 0.1) is 0 Å². The first-order valence-corrected chi connectivity index (χ1v) is 9.28. The number of hydrogen-bond donors (Lipinski definition) is 0. The molecule has 0 aliphatic carbocycles. The van der Waals surface area contributed by atoms with Crippen LogP contribution >= 0.6 is 0 Å². The second-order valence-electron chi connectivity index (χ2n) is 7.19. The van der Waals surface area contributed by atoms with Crippen LogP contribution < -0.4 is 0 Å². The molecule has 0 heteroatoms. The summed E-state index contributed by atoms with van der Waals surface area (Å²) in [5.41, 5.74) is 12.3. The summed E-state index contributed by atoms with van der Waals surface area (Å²) in [6.45, 7) is 11.1. The third-order valence-electron chi connectivity index (χ3n) is 5.18. The highest BCUT2D eigenvalue weighted by atomic mass is 14.2. The number of hydrogen-bond acceptors (Lipinski definition) is 0. The standard InChI is InChI=1S/C25H28/c1-6-7-23-16-24(21-12-8-17(2)9-13-21)20(5)25(19(23)4)22-14-10-18(3)11-15-22/h8-16H,6-7H2,1-5H3. The highest BCUT2D eigenvalue weighted by molar-refractivity contribution is 5.82. The van der Waals surface area contributed by atoms with Gasteiger partial charge in [0, 0.05) is 0 Å². The van der Waals surface area contributed by atoms with Gasteiger partial charge in [-0.2, -0.15) is 0 Å². The zero-order valence-corrected chi connectivity index (χ0v) is 16.1. The fourth-order valence-corrected chi connectivity index (χ4v) is 3.68. The Kier molecular flexibility index (Phi) is 5.08. The Labute approximate surface area is 152 Å². The summed E-state index contributed by atoms with van der Waals surface area (Å²) in [7, 11) is 0. The van der Waals surface area contributed by atoms with Crippen molar-refractivity contribution in [3.63, 3.8) is 0 Å². The largest absolute Gasteiger partial charge is 0.0651 e. The maximum absolute atomic E-state index is 2.41. The molecule has 0 unspecified atom stereocenters. The van der Waals surface area contributed by atoms with Crippen molar-refractivity contribution in [2.75, 3.05) is 0 Å². The second-order valence-corrected chi connectivity index (χ2v) is 7.19. The minimum Gasteiger partial charge on any atom is -0.0651 e. The van der Waals surface area contributed by atoms with Crippen molar-refractivity contribution in [1.29, 1.82) is 0 Å². The molecule has 128 valence electrons. The fourth-order valence-electron chi connectivity index (χ4n) is 3.68. The average molecular weight is 328 g/mol. The minimum atomic E-state index is 1.13. The molecule has 0 saturated heterocycles. The molecule has 0 nitrogen and oxygen atoms in total. The zero-order chi connectivity index (χ0) is 18.0. The first kappa shape index (κ1) is 17.5. The molecule has 3 aromatic carbocycles. The van der Waals surface area contributed by atoms with Gasteiger partial charge in [-0.3, -0.25) is 0 Å². The Balaban J connectivity index is 2.25. The van der Waals surface area contributed by atoms with Gasteiger partial charge in [0.1, 0.15) is 0 Å². The molecule has 0 saturated carbocycles. The highest BCUT2D eigenvalue weighted by Gasteiger charge is 2.15. The van der Waals surface area contributed by atoms with Crippen molar-refractivity contribution >= 4 is 0 Å². The van der Waals surface area contributed by atoms with Gasteiger partial charge in [-0.15, -0.1) is 0 Å². The third kappa shape index (κ3) is 3.54. The van der Waals surface area contributed by atoms with E-state index in [0.29, 0.717) is 0 Å². The minimum absolute atomic E-state index is 1.13. The Hall–Kier alpha value is -2.34. The van der Waals surface area contributed by atoms with Crippen LogP contribution in [0.25, 0.3) is 22.3 Å². The van der Waals surface area contributed by atoms with E-state index in [-0.39, 0.29) is 0 Å². The number of rotatable bonds is 4. The molecule has 0 radical (unpaired) electrons. The molecule has 3 aromatic rings. The summed E-state index contributed by atoms with van der Waals surface area (Å²) in [6, 6.07) is 20.3. The Morgan fingerprint density at radius 2 is 1.16 bits per heavy atom. The Bertz CT molecular complexity index is 865. The van der Waals surface area contributed by atoms with Crippen LogP contribution in [0.2, 0.25) is 0 Å². The van der Waals surface area contributed by atoms with Gasteiger partial charge in [0.2, 0.25) is 0 Å². The maximum Gasteiger partial charge on any atom is -0.0116 e. The summed E-state index contributed by atoms with van der Waals surface area (Å²) >= 11 is 0. The number of benzene rings is 3. The SMILES string of the molecule is CCCc1cc(-c2ccc(C)cc2)c(C)c(-c2ccc(C)cc2)c1C. The van der Waals surface area contributed by atoms with E-state index < -0.39 is 0 Å². The van der Waals surface area contributed by atoms with Crippen molar-refractivity contribution in [3.8, 4) is 22.3 Å². The van der Waals surface area contributed by atoms with E-state index in [1.807, 2.05) is 0 Å². The molecule has 0 aromatic heterocycles. The van der Waals surface area contributed by atoms with Gasteiger partial charge in [-0.1, -0.05) is 79.1 Å². The smallest absolute Gasteiger partial charge is 0.0116 e. The molecule has 0 aliphatic rings. The summed E-state index contributed by atoms with van der Waals surface area (Å²) in [6.07, 6.45) is 2.30. The fraction of sp³-hybridized carbons (Fsp3) is 0.280. The first-order valence-electron chi connectivity index (χ1n) is 9.28. The molecule has 3 rings (SSSR count). The highest BCUT2D eigenvalue weighted by Crippen LogP contribution is 2.37. The lowest BCUT2D eigenvalue weighted by molar-refractivity contribution is 0.913. The van der Waals surface area contributed by atoms with Crippen LogP contribution in [-0.4, -0.2) is 0 Å². The maximum atomic E-state index is 2.41.